The lowest BCUT2D eigenvalue weighted by Crippen LogP contribution is -2.30. The Balaban J connectivity index is 1.72. The lowest BCUT2D eigenvalue weighted by molar-refractivity contribution is -0.123. The van der Waals surface area contributed by atoms with Crippen LogP contribution >= 0.6 is 0 Å². The Bertz CT molecular complexity index is 1040. The highest BCUT2D eigenvalue weighted by molar-refractivity contribution is 5.98. The highest BCUT2D eigenvalue weighted by Gasteiger charge is 2.20. The van der Waals surface area contributed by atoms with Crippen molar-refractivity contribution in [3.63, 3.8) is 0 Å². The van der Waals surface area contributed by atoms with Crippen LogP contribution in [0, 0.1) is 19.7 Å². The van der Waals surface area contributed by atoms with Crippen LogP contribution in [-0.4, -0.2) is 27.9 Å². The molecule has 1 aromatic heterocycles. The molecule has 0 spiro atoms. The van der Waals surface area contributed by atoms with Gasteiger partial charge in [0.25, 0.3) is 5.91 Å². The van der Waals surface area contributed by atoms with Gasteiger partial charge >= 0.3 is 5.97 Å². The predicted molar refractivity (Wildman–Crippen MR) is 98.9 cm³/mol. The minimum Gasteiger partial charge on any atom is -0.449 e. The molecular weight excluding hydrogens is 349 g/mol. The van der Waals surface area contributed by atoms with Gasteiger partial charge in [0.05, 0.1) is 33.7 Å². The zero-order valence-corrected chi connectivity index (χ0v) is 15.1. The first-order chi connectivity index (χ1) is 12.8. The number of hydrogen-bond donors (Lipinski definition) is 1. The number of amides is 1. The van der Waals surface area contributed by atoms with E-state index in [1.54, 1.807) is 24.3 Å². The van der Waals surface area contributed by atoms with Crippen LogP contribution in [0.4, 0.5) is 10.1 Å². The zero-order valence-electron chi connectivity index (χ0n) is 15.1. The van der Waals surface area contributed by atoms with Crippen LogP contribution in [0.3, 0.4) is 0 Å². The summed E-state index contributed by atoms with van der Waals surface area (Å²) >= 11 is 0. The van der Waals surface area contributed by atoms with Crippen LogP contribution in [0.5, 0.6) is 0 Å². The number of nitrogens with one attached hydrogen (secondary N) is 1. The van der Waals surface area contributed by atoms with Crippen LogP contribution in [0.1, 0.15) is 28.7 Å². The van der Waals surface area contributed by atoms with Crippen LogP contribution in [0.25, 0.3) is 11.0 Å². The standard InChI is InChI=1S/C20H18FN3O3/c1-11-12(2)23-18-10-14(8-9-17(18)22-11)20(26)27-13(3)19(25)24-16-7-5-4-6-15(16)21/h4-10,13H,1-3H3,(H,24,25)/t13-/m1/s1. The number of fused-ring (bicyclic) bond motifs is 1. The summed E-state index contributed by atoms with van der Waals surface area (Å²) in [6.07, 6.45) is -1.10. The molecule has 0 fully saturated rings. The second-order valence-corrected chi connectivity index (χ2v) is 6.11. The van der Waals surface area contributed by atoms with Crippen LogP contribution in [0.2, 0.25) is 0 Å². The molecule has 27 heavy (non-hydrogen) atoms. The summed E-state index contributed by atoms with van der Waals surface area (Å²) in [6, 6.07) is 10.6. The highest BCUT2D eigenvalue weighted by Crippen LogP contribution is 2.17. The molecule has 0 saturated heterocycles. The highest BCUT2D eigenvalue weighted by atomic mass is 19.1. The molecular formula is C20H18FN3O3. The van der Waals surface area contributed by atoms with Crippen molar-refractivity contribution in [1.29, 1.82) is 0 Å². The Kier molecular flexibility index (Phi) is 5.12. The molecule has 3 rings (SSSR count). The van der Waals surface area contributed by atoms with E-state index in [0.29, 0.717) is 11.0 Å². The van der Waals surface area contributed by atoms with Gasteiger partial charge in [-0.15, -0.1) is 0 Å². The third kappa shape index (κ3) is 4.08. The number of anilines is 1. The topological polar surface area (TPSA) is 81.2 Å². The molecule has 1 amide bonds. The van der Waals surface area contributed by atoms with Crippen molar-refractivity contribution < 1.29 is 18.7 Å². The third-order valence-corrected chi connectivity index (χ3v) is 4.10. The summed E-state index contributed by atoms with van der Waals surface area (Å²) in [7, 11) is 0. The lowest BCUT2D eigenvalue weighted by atomic mass is 10.2. The summed E-state index contributed by atoms with van der Waals surface area (Å²) < 4.78 is 18.8. The molecule has 0 aliphatic carbocycles. The van der Waals surface area contributed by atoms with Crippen molar-refractivity contribution in [2.24, 2.45) is 0 Å². The van der Waals surface area contributed by atoms with Gasteiger partial charge in [-0.2, -0.15) is 0 Å². The number of benzene rings is 2. The molecule has 2 aromatic carbocycles. The molecule has 0 radical (unpaired) electrons. The molecule has 0 aliphatic heterocycles. The number of para-hydroxylation sites is 1. The van der Waals surface area contributed by atoms with E-state index in [2.05, 4.69) is 15.3 Å². The SMILES string of the molecule is Cc1nc2ccc(C(=O)O[C@H](C)C(=O)Nc3ccccc3F)cc2nc1C. The van der Waals surface area contributed by atoms with Gasteiger partial charge in [0, 0.05) is 0 Å². The minimum absolute atomic E-state index is 0.0252. The van der Waals surface area contributed by atoms with E-state index in [1.807, 2.05) is 13.8 Å². The Morgan fingerprint density at radius 3 is 2.41 bits per heavy atom. The van der Waals surface area contributed by atoms with Crippen LogP contribution in [-0.2, 0) is 9.53 Å². The van der Waals surface area contributed by atoms with E-state index in [1.165, 1.54) is 25.1 Å². The molecule has 3 aromatic rings. The van der Waals surface area contributed by atoms with Crippen molar-refractivity contribution in [3.8, 4) is 0 Å². The molecule has 0 bridgehead atoms. The van der Waals surface area contributed by atoms with E-state index in [9.17, 15) is 14.0 Å². The van der Waals surface area contributed by atoms with Gasteiger partial charge in [0.2, 0.25) is 0 Å². The van der Waals surface area contributed by atoms with Crippen molar-refractivity contribution in [2.45, 2.75) is 26.9 Å². The third-order valence-electron chi connectivity index (χ3n) is 4.10. The van der Waals surface area contributed by atoms with Crippen molar-refractivity contribution >= 4 is 28.6 Å². The predicted octanol–water partition coefficient (Wildman–Crippen LogP) is 3.57. The second kappa shape index (κ2) is 7.49. The summed E-state index contributed by atoms with van der Waals surface area (Å²) in [4.78, 5) is 33.3. The van der Waals surface area contributed by atoms with Crippen molar-refractivity contribution in [1.82, 2.24) is 9.97 Å². The van der Waals surface area contributed by atoms with Gasteiger partial charge in [0.1, 0.15) is 5.82 Å². The molecule has 6 nitrogen and oxygen atoms in total. The van der Waals surface area contributed by atoms with E-state index in [4.69, 9.17) is 4.74 Å². The Labute approximate surface area is 155 Å². The maximum atomic E-state index is 13.6. The number of aryl methyl sites for hydroxylation is 2. The van der Waals surface area contributed by atoms with Crippen LogP contribution < -0.4 is 5.32 Å². The lowest BCUT2D eigenvalue weighted by Gasteiger charge is -2.14. The number of halogens is 1. The summed E-state index contributed by atoms with van der Waals surface area (Å²) in [5.41, 5.74) is 3.10. The molecule has 138 valence electrons. The molecule has 0 saturated carbocycles. The number of nitrogens with zero attached hydrogens (tertiary/aromatic N) is 2. The number of carbonyl (C=O) groups excluding carboxylic acids is 2. The van der Waals surface area contributed by atoms with Crippen LogP contribution in [0.15, 0.2) is 42.5 Å². The summed E-state index contributed by atoms with van der Waals surface area (Å²) in [5.74, 6) is -1.86. The first-order valence-electron chi connectivity index (χ1n) is 8.36. The number of rotatable bonds is 4. The number of esters is 1. The molecule has 1 heterocycles. The largest absolute Gasteiger partial charge is 0.449 e. The van der Waals surface area contributed by atoms with E-state index in [0.717, 1.165) is 11.4 Å². The smallest absolute Gasteiger partial charge is 0.338 e. The average molecular weight is 367 g/mol. The second-order valence-electron chi connectivity index (χ2n) is 6.11. The van der Waals surface area contributed by atoms with E-state index in [-0.39, 0.29) is 11.3 Å². The fourth-order valence-electron chi connectivity index (χ4n) is 2.44. The van der Waals surface area contributed by atoms with Gasteiger partial charge < -0.3 is 10.1 Å². The number of aromatic nitrogens is 2. The molecule has 0 aliphatic rings. The van der Waals surface area contributed by atoms with Gasteiger partial charge in [-0.3, -0.25) is 4.79 Å². The molecule has 0 unspecified atom stereocenters. The average Bonchev–Trinajstić information content (AvgIpc) is 2.64. The molecule has 1 atom stereocenters. The Morgan fingerprint density at radius 2 is 1.70 bits per heavy atom. The Hall–Kier alpha value is -3.35. The molecule has 1 N–H and O–H groups in total. The Morgan fingerprint density at radius 1 is 1.04 bits per heavy atom. The monoisotopic (exact) mass is 367 g/mol. The van der Waals surface area contributed by atoms with Crippen molar-refractivity contribution in [3.05, 3.63) is 65.2 Å². The first kappa shape index (κ1) is 18.4. The normalized spacial score (nSPS) is 11.9. The molecule has 7 heteroatoms. The van der Waals surface area contributed by atoms with Gasteiger partial charge in [0.15, 0.2) is 6.10 Å². The first-order valence-corrected chi connectivity index (χ1v) is 8.36. The summed E-state index contributed by atoms with van der Waals surface area (Å²) in [5, 5.41) is 2.40. The fourth-order valence-corrected chi connectivity index (χ4v) is 2.44. The zero-order chi connectivity index (χ0) is 19.6. The van der Waals surface area contributed by atoms with Gasteiger partial charge in [-0.05, 0) is 51.1 Å². The van der Waals surface area contributed by atoms with Gasteiger partial charge in [-0.1, -0.05) is 12.1 Å². The van der Waals surface area contributed by atoms with E-state index >= 15 is 0 Å². The quantitative estimate of drug-likeness (QED) is 0.713. The minimum atomic E-state index is -1.10. The van der Waals surface area contributed by atoms with E-state index < -0.39 is 23.8 Å². The maximum absolute atomic E-state index is 13.6. The van der Waals surface area contributed by atoms with Crippen molar-refractivity contribution in [2.75, 3.05) is 5.32 Å². The number of hydrogen-bond acceptors (Lipinski definition) is 5. The maximum Gasteiger partial charge on any atom is 0.338 e. The number of ether oxygens (including phenoxy) is 1. The fraction of sp³-hybridized carbons (Fsp3) is 0.200. The number of carbonyl (C=O) groups is 2. The van der Waals surface area contributed by atoms with Gasteiger partial charge in [-0.25, -0.2) is 19.2 Å². The summed E-state index contributed by atoms with van der Waals surface area (Å²) in [6.45, 7) is 5.12.